The fourth-order valence-corrected chi connectivity index (χ4v) is 3.02. The third-order valence-electron chi connectivity index (χ3n) is 4.11. The number of hydrogen-bond acceptors (Lipinski definition) is 2. The molecule has 0 saturated carbocycles. The second kappa shape index (κ2) is 6.18. The van der Waals surface area contributed by atoms with Gasteiger partial charge in [0.1, 0.15) is 11.6 Å². The van der Waals surface area contributed by atoms with Gasteiger partial charge in [-0.3, -0.25) is 4.79 Å². The van der Waals surface area contributed by atoms with Crippen LogP contribution < -0.4 is 4.74 Å². The van der Waals surface area contributed by atoms with Crippen molar-refractivity contribution in [1.82, 2.24) is 4.90 Å². The van der Waals surface area contributed by atoms with E-state index in [4.69, 9.17) is 4.74 Å². The molecule has 1 amide bonds. The van der Waals surface area contributed by atoms with Crippen molar-refractivity contribution in [3.63, 3.8) is 0 Å². The van der Waals surface area contributed by atoms with Gasteiger partial charge in [-0.2, -0.15) is 0 Å². The molecule has 3 rings (SSSR count). The molecule has 2 aromatic rings. The van der Waals surface area contributed by atoms with E-state index in [1.807, 2.05) is 17.0 Å². The Kier molecular flexibility index (Phi) is 4.09. The molecule has 2 aromatic carbocycles. The topological polar surface area (TPSA) is 29.5 Å². The van der Waals surface area contributed by atoms with Crippen molar-refractivity contribution >= 4 is 5.91 Å². The first-order valence-corrected chi connectivity index (χ1v) is 7.40. The van der Waals surface area contributed by atoms with Crippen molar-refractivity contribution in [1.29, 1.82) is 0 Å². The normalized spacial score (nSPS) is 17.5. The van der Waals surface area contributed by atoms with E-state index in [1.165, 1.54) is 12.1 Å². The molecular formula is C18H18FNO2. The molecule has 0 bridgehead atoms. The van der Waals surface area contributed by atoms with E-state index in [2.05, 4.69) is 0 Å². The van der Waals surface area contributed by atoms with E-state index in [-0.39, 0.29) is 17.8 Å². The van der Waals surface area contributed by atoms with Crippen LogP contribution in [0.15, 0.2) is 48.5 Å². The van der Waals surface area contributed by atoms with Crippen LogP contribution >= 0.6 is 0 Å². The van der Waals surface area contributed by atoms with Crippen molar-refractivity contribution in [2.24, 2.45) is 0 Å². The van der Waals surface area contributed by atoms with Gasteiger partial charge in [0.15, 0.2) is 0 Å². The van der Waals surface area contributed by atoms with Crippen LogP contribution in [0.4, 0.5) is 4.39 Å². The van der Waals surface area contributed by atoms with Gasteiger partial charge >= 0.3 is 0 Å². The van der Waals surface area contributed by atoms with E-state index in [0.29, 0.717) is 17.9 Å². The van der Waals surface area contributed by atoms with Crippen LogP contribution in [0.5, 0.6) is 5.75 Å². The number of para-hydroxylation sites is 1. The number of carbonyl (C=O) groups excluding carboxylic acids is 1. The van der Waals surface area contributed by atoms with E-state index in [0.717, 1.165) is 18.4 Å². The molecule has 3 nitrogen and oxygen atoms in total. The number of rotatable bonds is 3. The average molecular weight is 299 g/mol. The summed E-state index contributed by atoms with van der Waals surface area (Å²) in [6.07, 6.45) is 1.84. The molecule has 1 heterocycles. The van der Waals surface area contributed by atoms with Gasteiger partial charge in [0.25, 0.3) is 5.91 Å². The van der Waals surface area contributed by atoms with Crippen molar-refractivity contribution in [2.45, 2.75) is 18.9 Å². The second-order valence-electron chi connectivity index (χ2n) is 5.41. The first-order valence-electron chi connectivity index (χ1n) is 7.40. The molecule has 0 N–H and O–H groups in total. The molecule has 1 saturated heterocycles. The van der Waals surface area contributed by atoms with Crippen molar-refractivity contribution in [2.75, 3.05) is 13.7 Å². The Hall–Kier alpha value is -2.36. The van der Waals surface area contributed by atoms with E-state index in [1.54, 1.807) is 31.4 Å². The molecule has 1 aliphatic heterocycles. The number of nitrogens with zero attached hydrogens (tertiary/aromatic N) is 1. The standard InChI is InChI=1S/C18H18FNO2/c1-22-17-7-3-2-5-15(17)18(21)20-12-4-6-16(20)13-8-10-14(19)11-9-13/h2-3,5,7-11,16H,4,6,12H2,1H3/t16-/m0/s1. The Bertz CT molecular complexity index is 669. The highest BCUT2D eigenvalue weighted by Crippen LogP contribution is 2.34. The summed E-state index contributed by atoms with van der Waals surface area (Å²) in [5.41, 5.74) is 1.54. The lowest BCUT2D eigenvalue weighted by atomic mass is 10.0. The Balaban J connectivity index is 1.89. The monoisotopic (exact) mass is 299 g/mol. The van der Waals surface area contributed by atoms with Crippen molar-refractivity contribution in [3.8, 4) is 5.75 Å². The molecule has 0 spiro atoms. The molecule has 0 aromatic heterocycles. The first kappa shape index (κ1) is 14.6. The summed E-state index contributed by atoms with van der Waals surface area (Å²) in [4.78, 5) is 14.7. The number of hydrogen-bond donors (Lipinski definition) is 0. The Labute approximate surface area is 129 Å². The zero-order valence-electron chi connectivity index (χ0n) is 12.5. The number of amides is 1. The number of ether oxygens (including phenoxy) is 1. The summed E-state index contributed by atoms with van der Waals surface area (Å²) in [5, 5.41) is 0. The summed E-state index contributed by atoms with van der Waals surface area (Å²) >= 11 is 0. The van der Waals surface area contributed by atoms with Crippen LogP contribution in [-0.4, -0.2) is 24.5 Å². The molecule has 1 aliphatic rings. The van der Waals surface area contributed by atoms with E-state index in [9.17, 15) is 9.18 Å². The van der Waals surface area contributed by atoms with E-state index >= 15 is 0 Å². The lowest BCUT2D eigenvalue weighted by Crippen LogP contribution is -2.30. The van der Waals surface area contributed by atoms with E-state index < -0.39 is 0 Å². The van der Waals surface area contributed by atoms with Gasteiger partial charge in [0.2, 0.25) is 0 Å². The van der Waals surface area contributed by atoms with Gasteiger partial charge in [0.05, 0.1) is 18.7 Å². The number of methoxy groups -OCH3 is 1. The van der Waals surface area contributed by atoms with Gasteiger partial charge < -0.3 is 9.64 Å². The zero-order chi connectivity index (χ0) is 15.5. The fourth-order valence-electron chi connectivity index (χ4n) is 3.02. The number of carbonyl (C=O) groups is 1. The fraction of sp³-hybridized carbons (Fsp3) is 0.278. The highest BCUT2D eigenvalue weighted by atomic mass is 19.1. The van der Waals surface area contributed by atoms with Crippen LogP contribution in [0.3, 0.4) is 0 Å². The third kappa shape index (κ3) is 2.69. The number of halogens is 1. The van der Waals surface area contributed by atoms with Crippen LogP contribution in [0.1, 0.15) is 34.8 Å². The summed E-state index contributed by atoms with van der Waals surface area (Å²) in [7, 11) is 1.56. The van der Waals surface area contributed by atoms with Crippen LogP contribution in [0, 0.1) is 5.82 Å². The van der Waals surface area contributed by atoms with Crippen LogP contribution in [-0.2, 0) is 0 Å². The van der Waals surface area contributed by atoms with Crippen LogP contribution in [0.25, 0.3) is 0 Å². The maximum Gasteiger partial charge on any atom is 0.258 e. The summed E-state index contributed by atoms with van der Waals surface area (Å²) in [6.45, 7) is 0.707. The molecule has 0 radical (unpaired) electrons. The molecule has 1 atom stereocenters. The summed E-state index contributed by atoms with van der Waals surface area (Å²) < 4.78 is 18.4. The Morgan fingerprint density at radius 3 is 2.64 bits per heavy atom. The van der Waals surface area contributed by atoms with Gasteiger partial charge in [0, 0.05) is 6.54 Å². The molecule has 1 fully saturated rings. The minimum absolute atomic E-state index is 0.00184. The van der Waals surface area contributed by atoms with Gasteiger partial charge in [-0.05, 0) is 42.7 Å². The number of likely N-dealkylation sites (tertiary alicyclic amines) is 1. The highest BCUT2D eigenvalue weighted by molar-refractivity contribution is 5.97. The highest BCUT2D eigenvalue weighted by Gasteiger charge is 2.31. The van der Waals surface area contributed by atoms with Gasteiger partial charge in [-0.25, -0.2) is 4.39 Å². The molecule has 22 heavy (non-hydrogen) atoms. The lowest BCUT2D eigenvalue weighted by Gasteiger charge is -2.26. The predicted octanol–water partition coefficient (Wildman–Crippen LogP) is 3.81. The minimum Gasteiger partial charge on any atom is -0.496 e. The number of benzene rings is 2. The quantitative estimate of drug-likeness (QED) is 0.862. The maximum atomic E-state index is 13.1. The van der Waals surface area contributed by atoms with Crippen molar-refractivity contribution in [3.05, 3.63) is 65.5 Å². The summed E-state index contributed by atoms with van der Waals surface area (Å²) in [6, 6.07) is 13.6. The second-order valence-corrected chi connectivity index (χ2v) is 5.41. The Morgan fingerprint density at radius 2 is 1.91 bits per heavy atom. The molecular weight excluding hydrogens is 281 g/mol. The lowest BCUT2D eigenvalue weighted by molar-refractivity contribution is 0.0732. The zero-order valence-corrected chi connectivity index (χ0v) is 12.5. The van der Waals surface area contributed by atoms with Crippen molar-refractivity contribution < 1.29 is 13.9 Å². The van der Waals surface area contributed by atoms with Gasteiger partial charge in [-0.1, -0.05) is 24.3 Å². The SMILES string of the molecule is COc1ccccc1C(=O)N1CCC[C@H]1c1ccc(F)cc1. The Morgan fingerprint density at radius 1 is 1.18 bits per heavy atom. The largest absolute Gasteiger partial charge is 0.496 e. The maximum absolute atomic E-state index is 13.1. The average Bonchev–Trinajstić information content (AvgIpc) is 3.04. The summed E-state index contributed by atoms with van der Waals surface area (Å²) in [5.74, 6) is 0.283. The molecule has 0 unspecified atom stereocenters. The van der Waals surface area contributed by atoms with Crippen LogP contribution in [0.2, 0.25) is 0 Å². The van der Waals surface area contributed by atoms with Gasteiger partial charge in [-0.15, -0.1) is 0 Å². The predicted molar refractivity (Wildman–Crippen MR) is 82.4 cm³/mol. The third-order valence-corrected chi connectivity index (χ3v) is 4.11. The molecule has 0 aliphatic carbocycles. The first-order chi connectivity index (χ1) is 10.7. The molecule has 4 heteroatoms. The minimum atomic E-state index is -0.260. The molecule has 114 valence electrons. The smallest absolute Gasteiger partial charge is 0.258 e.